The van der Waals surface area contributed by atoms with Crippen LogP contribution in [0.2, 0.25) is 0 Å². The molecule has 0 aliphatic heterocycles. The Hall–Kier alpha value is -2.88. The number of aromatic nitrogens is 1. The standard InChI is InChI=1S/C18H16N2O2/c1-19-17(21)15-8-6-13(7-9-15)12-20-11-10-14-4-2-3-5-16(14)18(20)22/h2-11H,12H2,1H3,(H,19,21). The minimum Gasteiger partial charge on any atom is -0.355 e. The molecule has 0 aliphatic carbocycles. The summed E-state index contributed by atoms with van der Waals surface area (Å²) >= 11 is 0. The quantitative estimate of drug-likeness (QED) is 0.806. The Kier molecular flexibility index (Phi) is 3.74. The minimum absolute atomic E-state index is 0.00604. The van der Waals surface area contributed by atoms with E-state index in [0.717, 1.165) is 10.9 Å². The molecule has 3 rings (SSSR count). The van der Waals surface area contributed by atoms with Gasteiger partial charge in [-0.1, -0.05) is 30.3 Å². The molecule has 0 unspecified atom stereocenters. The predicted molar refractivity (Wildman–Crippen MR) is 87.1 cm³/mol. The summed E-state index contributed by atoms with van der Waals surface area (Å²) in [4.78, 5) is 24.0. The number of benzene rings is 2. The van der Waals surface area contributed by atoms with Crippen LogP contribution in [0.3, 0.4) is 0 Å². The smallest absolute Gasteiger partial charge is 0.258 e. The highest BCUT2D eigenvalue weighted by Crippen LogP contribution is 2.10. The molecular formula is C18H16N2O2. The lowest BCUT2D eigenvalue weighted by Gasteiger charge is -2.08. The van der Waals surface area contributed by atoms with Crippen molar-refractivity contribution in [3.05, 3.63) is 82.3 Å². The van der Waals surface area contributed by atoms with Gasteiger partial charge in [-0.2, -0.15) is 0 Å². The summed E-state index contributed by atoms with van der Waals surface area (Å²) in [6.45, 7) is 0.484. The number of rotatable bonds is 3. The summed E-state index contributed by atoms with van der Waals surface area (Å²) in [5, 5.41) is 4.24. The van der Waals surface area contributed by atoms with Crippen molar-refractivity contribution in [2.75, 3.05) is 7.05 Å². The first-order chi connectivity index (χ1) is 10.7. The molecular weight excluding hydrogens is 276 g/mol. The Bertz CT molecular complexity index is 879. The monoisotopic (exact) mass is 292 g/mol. The zero-order valence-corrected chi connectivity index (χ0v) is 12.2. The molecule has 0 aliphatic rings. The van der Waals surface area contributed by atoms with E-state index in [9.17, 15) is 9.59 Å². The maximum absolute atomic E-state index is 12.5. The molecule has 1 heterocycles. The third kappa shape index (κ3) is 2.63. The maximum atomic E-state index is 12.5. The zero-order valence-electron chi connectivity index (χ0n) is 12.2. The molecule has 0 bridgehead atoms. The number of fused-ring (bicyclic) bond motifs is 1. The summed E-state index contributed by atoms with van der Waals surface area (Å²) in [6, 6.07) is 16.8. The molecule has 3 aromatic rings. The fourth-order valence-corrected chi connectivity index (χ4v) is 2.46. The van der Waals surface area contributed by atoms with E-state index >= 15 is 0 Å². The van der Waals surface area contributed by atoms with Gasteiger partial charge in [0.25, 0.3) is 11.5 Å². The predicted octanol–water partition coefficient (Wildman–Crippen LogP) is 2.41. The van der Waals surface area contributed by atoms with Crippen LogP contribution in [0.4, 0.5) is 0 Å². The van der Waals surface area contributed by atoms with E-state index in [1.54, 1.807) is 29.9 Å². The Morgan fingerprint density at radius 2 is 1.77 bits per heavy atom. The molecule has 0 saturated heterocycles. The number of nitrogens with zero attached hydrogens (tertiary/aromatic N) is 1. The summed E-state index contributed by atoms with van der Waals surface area (Å²) in [6.07, 6.45) is 1.80. The van der Waals surface area contributed by atoms with Gasteiger partial charge < -0.3 is 9.88 Å². The summed E-state index contributed by atoms with van der Waals surface area (Å²) < 4.78 is 1.68. The molecule has 2 aromatic carbocycles. The molecule has 4 nitrogen and oxygen atoms in total. The van der Waals surface area contributed by atoms with Crippen molar-refractivity contribution in [1.29, 1.82) is 0 Å². The van der Waals surface area contributed by atoms with Gasteiger partial charge in [0.1, 0.15) is 0 Å². The number of amides is 1. The summed E-state index contributed by atoms with van der Waals surface area (Å²) in [7, 11) is 1.60. The normalized spacial score (nSPS) is 10.6. The summed E-state index contributed by atoms with van der Waals surface area (Å²) in [5.41, 5.74) is 1.58. The molecule has 1 amide bonds. The molecule has 0 atom stereocenters. The van der Waals surface area contributed by atoms with Crippen molar-refractivity contribution in [3.63, 3.8) is 0 Å². The second-order valence-electron chi connectivity index (χ2n) is 5.11. The Labute approximate surface area is 128 Å². The average molecular weight is 292 g/mol. The van der Waals surface area contributed by atoms with Gasteiger partial charge in [-0.3, -0.25) is 9.59 Å². The number of carbonyl (C=O) groups is 1. The van der Waals surface area contributed by atoms with Gasteiger partial charge in [0, 0.05) is 24.2 Å². The number of hydrogen-bond acceptors (Lipinski definition) is 2. The largest absolute Gasteiger partial charge is 0.355 e. The second kappa shape index (κ2) is 5.85. The van der Waals surface area contributed by atoms with E-state index in [2.05, 4.69) is 5.32 Å². The van der Waals surface area contributed by atoms with E-state index < -0.39 is 0 Å². The Balaban J connectivity index is 1.92. The van der Waals surface area contributed by atoms with E-state index in [1.165, 1.54) is 0 Å². The van der Waals surface area contributed by atoms with Crippen molar-refractivity contribution in [3.8, 4) is 0 Å². The first-order valence-electron chi connectivity index (χ1n) is 7.08. The van der Waals surface area contributed by atoms with Crippen molar-refractivity contribution in [2.45, 2.75) is 6.54 Å². The van der Waals surface area contributed by atoms with E-state index in [4.69, 9.17) is 0 Å². The summed E-state index contributed by atoms with van der Waals surface area (Å²) in [5.74, 6) is -0.116. The van der Waals surface area contributed by atoms with Crippen LogP contribution < -0.4 is 10.9 Å². The first kappa shape index (κ1) is 14.1. The highest BCUT2D eigenvalue weighted by atomic mass is 16.1. The highest BCUT2D eigenvalue weighted by molar-refractivity contribution is 5.93. The fraction of sp³-hybridized carbons (Fsp3) is 0.111. The lowest BCUT2D eigenvalue weighted by atomic mass is 10.1. The Morgan fingerprint density at radius 1 is 1.05 bits per heavy atom. The highest BCUT2D eigenvalue weighted by Gasteiger charge is 2.05. The van der Waals surface area contributed by atoms with E-state index in [-0.39, 0.29) is 11.5 Å². The average Bonchev–Trinajstić information content (AvgIpc) is 2.57. The molecule has 0 spiro atoms. The molecule has 0 saturated carbocycles. The lowest BCUT2D eigenvalue weighted by Crippen LogP contribution is -2.20. The molecule has 0 radical (unpaired) electrons. The van der Waals surface area contributed by atoms with Crippen molar-refractivity contribution >= 4 is 16.7 Å². The molecule has 22 heavy (non-hydrogen) atoms. The van der Waals surface area contributed by atoms with Gasteiger partial charge in [0.2, 0.25) is 0 Å². The fourth-order valence-electron chi connectivity index (χ4n) is 2.46. The van der Waals surface area contributed by atoms with Gasteiger partial charge in [0.15, 0.2) is 0 Å². The van der Waals surface area contributed by atoms with Crippen molar-refractivity contribution in [2.24, 2.45) is 0 Å². The number of pyridine rings is 1. The third-order valence-electron chi connectivity index (χ3n) is 3.68. The van der Waals surface area contributed by atoms with Crippen LogP contribution in [0.1, 0.15) is 15.9 Å². The maximum Gasteiger partial charge on any atom is 0.258 e. The van der Waals surface area contributed by atoms with Crippen LogP contribution in [-0.4, -0.2) is 17.5 Å². The number of hydrogen-bond donors (Lipinski definition) is 1. The minimum atomic E-state index is -0.116. The van der Waals surface area contributed by atoms with Crippen LogP contribution in [0.15, 0.2) is 65.6 Å². The third-order valence-corrected chi connectivity index (χ3v) is 3.68. The second-order valence-corrected chi connectivity index (χ2v) is 5.11. The molecule has 0 fully saturated rings. The van der Waals surface area contributed by atoms with Gasteiger partial charge in [-0.25, -0.2) is 0 Å². The topological polar surface area (TPSA) is 51.1 Å². The molecule has 4 heteroatoms. The Morgan fingerprint density at radius 3 is 2.50 bits per heavy atom. The lowest BCUT2D eigenvalue weighted by molar-refractivity contribution is 0.0963. The van der Waals surface area contributed by atoms with Crippen LogP contribution in [0.25, 0.3) is 10.8 Å². The van der Waals surface area contributed by atoms with Crippen LogP contribution >= 0.6 is 0 Å². The molecule has 110 valence electrons. The van der Waals surface area contributed by atoms with Gasteiger partial charge >= 0.3 is 0 Å². The number of carbonyl (C=O) groups excluding carboxylic acids is 1. The van der Waals surface area contributed by atoms with Gasteiger partial charge in [0.05, 0.1) is 6.54 Å². The van der Waals surface area contributed by atoms with Crippen molar-refractivity contribution in [1.82, 2.24) is 9.88 Å². The van der Waals surface area contributed by atoms with Gasteiger partial charge in [-0.15, -0.1) is 0 Å². The van der Waals surface area contributed by atoms with Crippen LogP contribution in [-0.2, 0) is 6.54 Å². The zero-order chi connectivity index (χ0) is 15.5. The first-order valence-corrected chi connectivity index (χ1v) is 7.08. The van der Waals surface area contributed by atoms with Crippen LogP contribution in [0, 0.1) is 0 Å². The van der Waals surface area contributed by atoms with Gasteiger partial charge in [-0.05, 0) is 35.2 Å². The molecule has 1 N–H and O–H groups in total. The SMILES string of the molecule is CNC(=O)c1ccc(Cn2ccc3ccccc3c2=O)cc1. The number of nitrogens with one attached hydrogen (secondary N) is 1. The van der Waals surface area contributed by atoms with E-state index in [0.29, 0.717) is 17.5 Å². The molecule has 1 aromatic heterocycles. The van der Waals surface area contributed by atoms with E-state index in [1.807, 2.05) is 42.5 Å². The van der Waals surface area contributed by atoms with Crippen LogP contribution in [0.5, 0.6) is 0 Å². The van der Waals surface area contributed by atoms with Crippen molar-refractivity contribution < 1.29 is 4.79 Å².